The molecule has 1 fully saturated rings. The monoisotopic (exact) mass is 701 g/mol. The van der Waals surface area contributed by atoms with Crippen molar-refractivity contribution in [2.75, 3.05) is 50.3 Å². The number of benzene rings is 2. The molecule has 2 aromatic heterocycles. The largest absolute Gasteiger partial charge is 0.454 e. The fourth-order valence-corrected chi connectivity index (χ4v) is 7.01. The number of aromatic nitrogens is 2. The average molecular weight is 702 g/mol. The Kier molecular flexibility index (Phi) is 10.8. The van der Waals surface area contributed by atoms with Crippen molar-refractivity contribution >= 4 is 34.7 Å². The summed E-state index contributed by atoms with van der Waals surface area (Å²) in [6.07, 6.45) is 1.67. The van der Waals surface area contributed by atoms with Gasteiger partial charge in [0.15, 0.2) is 11.6 Å². The number of likely N-dealkylation sites (N-methyl/N-ethyl adjacent to an activating group) is 1. The molecule has 0 atom stereocenters. The van der Waals surface area contributed by atoms with E-state index in [2.05, 4.69) is 41.2 Å². The molecule has 1 saturated heterocycles. The molecular formula is C34H45F2N5O5SSi. The molecule has 10 nitrogen and oxygen atoms in total. The standard InChI is InChI=1S/C34H45F2N5O5SSi/c1-7-47(43,44)37-25-9-11-31(46-32-10-8-24(35)18-30(32)36)27(19-25)29-22-39(3)34(42)28-20-26(21-40-14-12-38(2)13-15-40)41(33(28)29)23-45-16-17-48(4,5)6/h8-11,18-20,22,37H,7,12-17,21,23H2,1-6H3. The fraction of sp³-hybridized carbons (Fsp3) is 0.441. The lowest BCUT2D eigenvalue weighted by Crippen LogP contribution is -2.44. The number of hydrogen-bond acceptors (Lipinski definition) is 7. The molecule has 0 spiro atoms. The quantitative estimate of drug-likeness (QED) is 0.137. The van der Waals surface area contributed by atoms with Gasteiger partial charge in [-0.3, -0.25) is 14.4 Å². The maximum absolute atomic E-state index is 14.8. The minimum absolute atomic E-state index is 0.140. The van der Waals surface area contributed by atoms with E-state index in [1.807, 2.05) is 10.6 Å². The third kappa shape index (κ3) is 8.53. The molecule has 4 aromatic rings. The van der Waals surface area contributed by atoms with Gasteiger partial charge in [-0.05, 0) is 56.4 Å². The zero-order chi connectivity index (χ0) is 34.8. The Balaban J connectivity index is 1.70. The number of ether oxygens (including phenoxy) is 2. The van der Waals surface area contributed by atoms with Gasteiger partial charge in [-0.25, -0.2) is 17.2 Å². The van der Waals surface area contributed by atoms with Gasteiger partial charge in [0, 0.05) is 89.2 Å². The minimum atomic E-state index is -3.64. The predicted molar refractivity (Wildman–Crippen MR) is 189 cm³/mol. The van der Waals surface area contributed by atoms with Crippen molar-refractivity contribution in [3.8, 4) is 22.6 Å². The number of rotatable bonds is 13. The Morgan fingerprint density at radius 3 is 2.31 bits per heavy atom. The summed E-state index contributed by atoms with van der Waals surface area (Å²) in [5, 5.41) is 0.464. The molecule has 3 heterocycles. The van der Waals surface area contributed by atoms with Gasteiger partial charge in [-0.2, -0.15) is 0 Å². The van der Waals surface area contributed by atoms with Crippen molar-refractivity contribution < 1.29 is 26.7 Å². The van der Waals surface area contributed by atoms with Gasteiger partial charge in [-0.1, -0.05) is 19.6 Å². The Morgan fingerprint density at radius 2 is 1.65 bits per heavy atom. The maximum Gasteiger partial charge on any atom is 0.259 e. The molecule has 2 aromatic carbocycles. The second-order valence-corrected chi connectivity index (χ2v) is 21.2. The third-order valence-electron chi connectivity index (χ3n) is 8.55. The van der Waals surface area contributed by atoms with Crippen LogP contribution in [-0.2, 0) is 35.1 Å². The second-order valence-electron chi connectivity index (χ2n) is 13.6. The van der Waals surface area contributed by atoms with E-state index in [1.165, 1.54) is 29.7 Å². The van der Waals surface area contributed by atoms with Crippen LogP contribution in [0.4, 0.5) is 14.5 Å². The lowest BCUT2D eigenvalue weighted by molar-refractivity contribution is 0.0843. The SMILES string of the molecule is CCS(=O)(=O)Nc1ccc(Oc2ccc(F)cc2F)c(-c2cn(C)c(=O)c3cc(CN4CCN(C)CC4)n(COCC[Si](C)(C)C)c23)c1. The van der Waals surface area contributed by atoms with Gasteiger partial charge in [0.05, 0.1) is 16.7 Å². The summed E-state index contributed by atoms with van der Waals surface area (Å²) in [6, 6.07) is 10.6. The minimum Gasteiger partial charge on any atom is -0.454 e. The highest BCUT2D eigenvalue weighted by Gasteiger charge is 2.24. The molecule has 0 unspecified atom stereocenters. The molecule has 0 bridgehead atoms. The van der Waals surface area contributed by atoms with Crippen LogP contribution in [0.1, 0.15) is 12.6 Å². The number of anilines is 1. The van der Waals surface area contributed by atoms with Crippen molar-refractivity contribution in [2.24, 2.45) is 7.05 Å². The first-order valence-corrected chi connectivity index (χ1v) is 21.5. The van der Waals surface area contributed by atoms with Gasteiger partial charge in [0.2, 0.25) is 10.0 Å². The number of pyridine rings is 1. The third-order valence-corrected chi connectivity index (χ3v) is 11.6. The number of hydrogen-bond donors (Lipinski definition) is 1. The number of nitrogens with one attached hydrogen (secondary N) is 1. The molecule has 0 saturated carbocycles. The van der Waals surface area contributed by atoms with Crippen LogP contribution in [0.5, 0.6) is 11.5 Å². The summed E-state index contributed by atoms with van der Waals surface area (Å²) < 4.78 is 72.1. The summed E-state index contributed by atoms with van der Waals surface area (Å²) in [5.41, 5.74) is 2.52. The van der Waals surface area contributed by atoms with Crippen molar-refractivity contribution in [2.45, 2.75) is 45.9 Å². The van der Waals surface area contributed by atoms with Gasteiger partial charge in [-0.15, -0.1) is 0 Å². The summed E-state index contributed by atoms with van der Waals surface area (Å²) >= 11 is 0. The number of sulfonamides is 1. The zero-order valence-corrected chi connectivity index (χ0v) is 30.3. The van der Waals surface area contributed by atoms with Crippen molar-refractivity contribution in [3.63, 3.8) is 0 Å². The molecule has 0 aliphatic carbocycles. The number of halogens is 2. The Morgan fingerprint density at radius 1 is 0.938 bits per heavy atom. The van der Waals surface area contributed by atoms with Gasteiger partial charge >= 0.3 is 0 Å². The van der Waals surface area contributed by atoms with Crippen LogP contribution in [0.3, 0.4) is 0 Å². The molecule has 1 aliphatic heterocycles. The first-order chi connectivity index (χ1) is 22.6. The van der Waals surface area contributed by atoms with E-state index in [0.29, 0.717) is 35.2 Å². The summed E-state index contributed by atoms with van der Waals surface area (Å²) in [5.74, 6) is -1.80. The van der Waals surface area contributed by atoms with Gasteiger partial charge in [0.25, 0.3) is 5.56 Å². The molecule has 0 amide bonds. The molecule has 5 rings (SSSR count). The van der Waals surface area contributed by atoms with Crippen LogP contribution >= 0.6 is 0 Å². The van der Waals surface area contributed by atoms with E-state index >= 15 is 0 Å². The lowest BCUT2D eigenvalue weighted by Gasteiger charge is -2.32. The highest BCUT2D eigenvalue weighted by atomic mass is 32.2. The molecule has 48 heavy (non-hydrogen) atoms. The molecule has 260 valence electrons. The van der Waals surface area contributed by atoms with Crippen LogP contribution in [-0.4, -0.2) is 81.0 Å². The number of aryl methyl sites for hydroxylation is 1. The van der Waals surface area contributed by atoms with Crippen LogP contribution < -0.4 is 15.0 Å². The van der Waals surface area contributed by atoms with E-state index < -0.39 is 29.7 Å². The Bertz CT molecular complexity index is 1950. The molecule has 1 N–H and O–H groups in total. The van der Waals surface area contributed by atoms with Crippen LogP contribution in [0, 0.1) is 11.6 Å². The number of fused-ring (bicyclic) bond motifs is 1. The van der Waals surface area contributed by atoms with Gasteiger partial charge in [0.1, 0.15) is 18.3 Å². The first kappa shape index (κ1) is 35.7. The topological polar surface area (TPSA) is 98.0 Å². The Labute approximate surface area is 281 Å². The van der Waals surface area contributed by atoms with E-state index in [4.69, 9.17) is 9.47 Å². The fourth-order valence-electron chi connectivity index (χ4n) is 5.62. The van der Waals surface area contributed by atoms with Crippen molar-refractivity contribution in [1.82, 2.24) is 18.9 Å². The smallest absolute Gasteiger partial charge is 0.259 e. The van der Waals surface area contributed by atoms with Crippen LogP contribution in [0.2, 0.25) is 25.7 Å². The van der Waals surface area contributed by atoms with E-state index in [-0.39, 0.29) is 35.2 Å². The number of piperazine rings is 1. The maximum atomic E-state index is 14.8. The van der Waals surface area contributed by atoms with E-state index in [1.54, 1.807) is 19.3 Å². The highest BCUT2D eigenvalue weighted by Crippen LogP contribution is 2.40. The van der Waals surface area contributed by atoms with Crippen LogP contribution in [0.25, 0.3) is 22.0 Å². The van der Waals surface area contributed by atoms with Crippen LogP contribution in [0.15, 0.2) is 53.5 Å². The molecule has 14 heteroatoms. The van der Waals surface area contributed by atoms with Gasteiger partial charge < -0.3 is 23.5 Å². The lowest BCUT2D eigenvalue weighted by atomic mass is 10.0. The summed E-state index contributed by atoms with van der Waals surface area (Å²) in [4.78, 5) is 18.3. The van der Waals surface area contributed by atoms with E-state index in [9.17, 15) is 22.0 Å². The van der Waals surface area contributed by atoms with Crippen molar-refractivity contribution in [3.05, 3.63) is 76.3 Å². The normalized spacial score (nSPS) is 14.9. The van der Waals surface area contributed by atoms with E-state index in [0.717, 1.165) is 50.0 Å². The zero-order valence-electron chi connectivity index (χ0n) is 28.5. The second kappa shape index (κ2) is 14.5. The average Bonchev–Trinajstić information content (AvgIpc) is 3.37. The highest BCUT2D eigenvalue weighted by molar-refractivity contribution is 7.92. The summed E-state index contributed by atoms with van der Waals surface area (Å²) in [7, 11) is -1.27. The summed E-state index contributed by atoms with van der Waals surface area (Å²) in [6.45, 7) is 13.4. The van der Waals surface area contributed by atoms with Crippen molar-refractivity contribution in [1.29, 1.82) is 0 Å². The Hall–Kier alpha value is -3.56. The first-order valence-electron chi connectivity index (χ1n) is 16.1. The molecule has 1 aliphatic rings. The number of nitrogens with zero attached hydrogens (tertiary/aromatic N) is 4. The molecular weight excluding hydrogens is 657 g/mol. The molecule has 0 radical (unpaired) electrons. The predicted octanol–water partition coefficient (Wildman–Crippen LogP) is 5.90.